The monoisotopic (exact) mass is 216 g/mol. The zero-order chi connectivity index (χ0) is 11.4. The van der Waals surface area contributed by atoms with Crippen LogP contribution in [-0.2, 0) is 11.2 Å². The first-order valence-electron chi connectivity index (χ1n) is 4.27. The quantitative estimate of drug-likeness (QED) is 0.774. The molecular weight excluding hydrogens is 206 g/mol. The molecule has 1 rings (SSSR count). The molecular formula is C10H10F2O3. The lowest BCUT2D eigenvalue weighted by atomic mass is 10.1. The summed E-state index contributed by atoms with van der Waals surface area (Å²) in [5.74, 6) is -3.02. The van der Waals surface area contributed by atoms with Crippen LogP contribution in [0.3, 0.4) is 0 Å². The molecule has 0 aliphatic heterocycles. The number of benzene rings is 1. The zero-order valence-electron chi connectivity index (χ0n) is 8.09. The Bertz CT molecular complexity index is 354. The van der Waals surface area contributed by atoms with Crippen LogP contribution in [0.4, 0.5) is 8.78 Å². The van der Waals surface area contributed by atoms with Gasteiger partial charge in [-0.25, -0.2) is 13.6 Å². The van der Waals surface area contributed by atoms with E-state index in [9.17, 15) is 13.6 Å². The summed E-state index contributed by atoms with van der Waals surface area (Å²) in [6, 6.07) is 2.01. The SMILES string of the molecule is COC(=O)c1c(F)cc(CCO)cc1F. The average Bonchev–Trinajstić information content (AvgIpc) is 2.16. The Morgan fingerprint density at radius 1 is 1.40 bits per heavy atom. The maximum atomic E-state index is 13.2. The summed E-state index contributed by atoms with van der Waals surface area (Å²) in [6.45, 7) is -0.212. The minimum Gasteiger partial charge on any atom is -0.465 e. The molecule has 0 unspecified atom stereocenters. The third-order valence-corrected chi connectivity index (χ3v) is 1.89. The lowest BCUT2D eigenvalue weighted by Crippen LogP contribution is -2.09. The van der Waals surface area contributed by atoms with Crippen LogP contribution in [0.15, 0.2) is 12.1 Å². The van der Waals surface area contributed by atoms with Crippen LogP contribution in [0.1, 0.15) is 15.9 Å². The summed E-state index contributed by atoms with van der Waals surface area (Å²) in [5.41, 5.74) is -0.417. The van der Waals surface area contributed by atoms with Crippen LogP contribution in [0.25, 0.3) is 0 Å². The van der Waals surface area contributed by atoms with Crippen LogP contribution in [0.5, 0.6) is 0 Å². The number of hydrogen-bond acceptors (Lipinski definition) is 3. The van der Waals surface area contributed by atoms with Crippen molar-refractivity contribution in [3.8, 4) is 0 Å². The fourth-order valence-corrected chi connectivity index (χ4v) is 1.20. The standard InChI is InChI=1S/C10H10F2O3/c1-15-10(14)9-7(11)4-6(2-3-13)5-8(9)12/h4-5,13H,2-3H2,1H3. The van der Waals surface area contributed by atoms with Gasteiger partial charge in [0.1, 0.15) is 17.2 Å². The van der Waals surface area contributed by atoms with Crippen molar-refractivity contribution in [2.75, 3.05) is 13.7 Å². The van der Waals surface area contributed by atoms with Gasteiger partial charge in [-0.2, -0.15) is 0 Å². The molecule has 0 atom stereocenters. The van der Waals surface area contributed by atoms with E-state index >= 15 is 0 Å². The minimum atomic E-state index is -1.06. The summed E-state index contributed by atoms with van der Waals surface area (Å²) in [7, 11) is 1.04. The first kappa shape index (κ1) is 11.6. The summed E-state index contributed by atoms with van der Waals surface area (Å²) >= 11 is 0. The predicted octanol–water partition coefficient (Wildman–Crippen LogP) is 1.29. The van der Waals surface area contributed by atoms with Crippen molar-refractivity contribution in [2.45, 2.75) is 6.42 Å². The van der Waals surface area contributed by atoms with Gasteiger partial charge in [-0.1, -0.05) is 0 Å². The molecule has 15 heavy (non-hydrogen) atoms. The van der Waals surface area contributed by atoms with Gasteiger partial charge in [-0.15, -0.1) is 0 Å². The van der Waals surface area contributed by atoms with E-state index in [0.29, 0.717) is 5.56 Å². The van der Waals surface area contributed by atoms with Gasteiger partial charge in [0.25, 0.3) is 0 Å². The number of halogens is 2. The van der Waals surface area contributed by atoms with Crippen molar-refractivity contribution in [1.82, 2.24) is 0 Å². The fraction of sp³-hybridized carbons (Fsp3) is 0.300. The third-order valence-electron chi connectivity index (χ3n) is 1.89. The Balaban J connectivity index is 3.15. The fourth-order valence-electron chi connectivity index (χ4n) is 1.20. The maximum Gasteiger partial charge on any atom is 0.343 e. The van der Waals surface area contributed by atoms with Crippen molar-refractivity contribution in [3.63, 3.8) is 0 Å². The zero-order valence-corrected chi connectivity index (χ0v) is 8.09. The highest BCUT2D eigenvalue weighted by Gasteiger charge is 2.18. The number of rotatable bonds is 3. The molecule has 0 amide bonds. The lowest BCUT2D eigenvalue weighted by Gasteiger charge is -2.05. The van der Waals surface area contributed by atoms with E-state index in [1.54, 1.807) is 0 Å². The summed E-state index contributed by atoms with van der Waals surface area (Å²) in [5, 5.41) is 8.59. The maximum absolute atomic E-state index is 13.2. The van der Waals surface area contributed by atoms with Crippen LogP contribution >= 0.6 is 0 Å². The van der Waals surface area contributed by atoms with Crippen molar-refractivity contribution in [2.24, 2.45) is 0 Å². The van der Waals surface area contributed by atoms with Gasteiger partial charge in [-0.3, -0.25) is 0 Å². The van der Waals surface area contributed by atoms with Gasteiger partial charge in [0.15, 0.2) is 0 Å². The van der Waals surface area contributed by atoms with Crippen molar-refractivity contribution in [1.29, 1.82) is 0 Å². The molecule has 0 saturated carbocycles. The number of esters is 1. The highest BCUT2D eigenvalue weighted by atomic mass is 19.1. The summed E-state index contributed by atoms with van der Waals surface area (Å²) in [4.78, 5) is 11.0. The van der Waals surface area contributed by atoms with Crippen LogP contribution in [0.2, 0.25) is 0 Å². The Hall–Kier alpha value is -1.49. The highest BCUT2D eigenvalue weighted by Crippen LogP contribution is 2.16. The second kappa shape index (κ2) is 4.84. The molecule has 3 nitrogen and oxygen atoms in total. The van der Waals surface area contributed by atoms with Crippen LogP contribution in [0, 0.1) is 11.6 Å². The van der Waals surface area contributed by atoms with E-state index in [1.165, 1.54) is 0 Å². The van der Waals surface area contributed by atoms with E-state index < -0.39 is 23.2 Å². The van der Waals surface area contributed by atoms with Crippen LogP contribution < -0.4 is 0 Å². The number of hydrogen-bond donors (Lipinski definition) is 1. The van der Waals surface area contributed by atoms with E-state index in [-0.39, 0.29) is 13.0 Å². The van der Waals surface area contributed by atoms with Crippen molar-refractivity contribution in [3.05, 3.63) is 34.9 Å². The van der Waals surface area contributed by atoms with Crippen molar-refractivity contribution < 1.29 is 23.4 Å². The van der Waals surface area contributed by atoms with E-state index in [4.69, 9.17) is 5.11 Å². The summed E-state index contributed by atoms with van der Waals surface area (Å²) in [6.07, 6.45) is 0.134. The molecule has 1 aromatic rings. The smallest absolute Gasteiger partial charge is 0.343 e. The lowest BCUT2D eigenvalue weighted by molar-refractivity contribution is 0.0590. The molecule has 0 radical (unpaired) electrons. The second-order valence-electron chi connectivity index (χ2n) is 2.90. The molecule has 1 N–H and O–H groups in total. The van der Waals surface area contributed by atoms with Gasteiger partial charge in [0, 0.05) is 6.61 Å². The first-order chi connectivity index (χ1) is 7.10. The molecule has 82 valence electrons. The van der Waals surface area contributed by atoms with Gasteiger partial charge in [0.05, 0.1) is 7.11 Å². The van der Waals surface area contributed by atoms with Gasteiger partial charge in [0.2, 0.25) is 0 Å². The molecule has 0 aliphatic rings. The van der Waals surface area contributed by atoms with E-state index in [1.807, 2.05) is 0 Å². The van der Waals surface area contributed by atoms with E-state index in [2.05, 4.69) is 4.74 Å². The summed E-state index contributed by atoms with van der Waals surface area (Å²) < 4.78 is 30.7. The number of ether oxygens (including phenoxy) is 1. The van der Waals surface area contributed by atoms with Crippen LogP contribution in [-0.4, -0.2) is 24.8 Å². The van der Waals surface area contributed by atoms with E-state index in [0.717, 1.165) is 19.2 Å². The normalized spacial score (nSPS) is 10.1. The molecule has 0 aromatic heterocycles. The van der Waals surface area contributed by atoms with Gasteiger partial charge >= 0.3 is 5.97 Å². The molecule has 0 bridgehead atoms. The molecule has 0 heterocycles. The number of aliphatic hydroxyl groups excluding tert-OH is 1. The molecule has 5 heteroatoms. The molecule has 0 spiro atoms. The average molecular weight is 216 g/mol. The topological polar surface area (TPSA) is 46.5 Å². The molecule has 1 aromatic carbocycles. The van der Waals surface area contributed by atoms with Gasteiger partial charge < -0.3 is 9.84 Å². The second-order valence-corrected chi connectivity index (χ2v) is 2.90. The first-order valence-corrected chi connectivity index (χ1v) is 4.27. The number of carbonyl (C=O) groups excluding carboxylic acids is 1. The van der Waals surface area contributed by atoms with Crippen molar-refractivity contribution >= 4 is 5.97 Å². The molecule has 0 saturated heterocycles. The molecule has 0 aliphatic carbocycles. The Morgan fingerprint density at radius 3 is 2.33 bits per heavy atom. The Morgan fingerprint density at radius 2 is 1.93 bits per heavy atom. The number of aliphatic hydroxyl groups is 1. The number of carbonyl (C=O) groups is 1. The number of methoxy groups -OCH3 is 1. The molecule has 0 fully saturated rings. The largest absolute Gasteiger partial charge is 0.465 e. The Kier molecular flexibility index (Phi) is 3.74. The predicted molar refractivity (Wildman–Crippen MR) is 48.5 cm³/mol. The van der Waals surface area contributed by atoms with Gasteiger partial charge in [-0.05, 0) is 24.1 Å². The highest BCUT2D eigenvalue weighted by molar-refractivity contribution is 5.90. The minimum absolute atomic E-state index is 0.134. The Labute approximate surface area is 85.3 Å². The third kappa shape index (κ3) is 2.50.